The second-order valence-electron chi connectivity index (χ2n) is 5.91. The summed E-state index contributed by atoms with van der Waals surface area (Å²) in [7, 11) is 1.63. The summed E-state index contributed by atoms with van der Waals surface area (Å²) in [5.74, 6) is 1.24. The van der Waals surface area contributed by atoms with Crippen LogP contribution in [0.25, 0.3) is 22.5 Å². The van der Waals surface area contributed by atoms with Gasteiger partial charge in [-0.2, -0.15) is 0 Å². The van der Waals surface area contributed by atoms with Gasteiger partial charge in [-0.3, -0.25) is 0 Å². The average Bonchev–Trinajstić information content (AvgIpc) is 3.18. The lowest BCUT2D eigenvalue weighted by molar-refractivity contribution is 0.415. The number of nitrogens with zero attached hydrogens (tertiary/aromatic N) is 3. The topological polar surface area (TPSA) is 62.6 Å². The molecular weight excluding hydrogens is 336 g/mol. The molecule has 0 saturated carbocycles. The number of benzene rings is 3. The Hall–Kier alpha value is -3.73. The maximum atomic E-state index is 5.16. The highest BCUT2D eigenvalue weighted by Gasteiger charge is 2.13. The van der Waals surface area contributed by atoms with E-state index in [-0.39, 0.29) is 0 Å². The normalized spacial score (nSPS) is 11.0. The molecule has 0 unspecified atom stereocenters. The fraction of sp³-hybridized carbons (Fsp3) is 0.0455. The number of rotatable bonds is 5. The van der Waals surface area contributed by atoms with E-state index in [0.717, 1.165) is 34.0 Å². The highest BCUT2D eigenvalue weighted by Crippen LogP contribution is 2.32. The minimum atomic E-state index is 0.462. The highest BCUT2D eigenvalue weighted by molar-refractivity contribution is 5.79. The molecule has 5 heteroatoms. The van der Waals surface area contributed by atoms with Gasteiger partial charge in [0, 0.05) is 11.1 Å². The largest absolute Gasteiger partial charge is 0.497 e. The van der Waals surface area contributed by atoms with E-state index >= 15 is 0 Å². The molecule has 0 aliphatic heterocycles. The van der Waals surface area contributed by atoms with Gasteiger partial charge in [0.15, 0.2) is 0 Å². The Morgan fingerprint density at radius 3 is 2.00 bits per heavy atom. The summed E-state index contributed by atoms with van der Waals surface area (Å²) >= 11 is 0. The molecule has 0 amide bonds. The van der Waals surface area contributed by atoms with E-state index in [9.17, 15) is 0 Å². The molecule has 1 N–H and O–H groups in total. The maximum absolute atomic E-state index is 5.16. The van der Waals surface area contributed by atoms with E-state index < -0.39 is 0 Å². The number of azo groups is 1. The van der Waals surface area contributed by atoms with Crippen molar-refractivity contribution in [2.75, 3.05) is 7.11 Å². The molecule has 1 heterocycles. The van der Waals surface area contributed by atoms with Gasteiger partial charge in [0.05, 0.1) is 24.2 Å². The SMILES string of the molecule is COc1ccc(N=Nc2nc(-c3ccccc3)c(-c3ccccc3)[nH]2)cc1. The van der Waals surface area contributed by atoms with Gasteiger partial charge in [-0.1, -0.05) is 60.7 Å². The monoisotopic (exact) mass is 354 g/mol. The molecule has 0 bridgehead atoms. The van der Waals surface area contributed by atoms with Crippen LogP contribution < -0.4 is 4.74 Å². The number of ether oxygens (including phenoxy) is 1. The van der Waals surface area contributed by atoms with Crippen LogP contribution in [0.15, 0.2) is 95.2 Å². The Labute approximate surface area is 157 Å². The summed E-state index contributed by atoms with van der Waals surface area (Å²) in [5.41, 5.74) is 4.58. The predicted octanol–water partition coefficient (Wildman–Crippen LogP) is 6.17. The number of hydrogen-bond donors (Lipinski definition) is 1. The van der Waals surface area contributed by atoms with E-state index in [1.165, 1.54) is 0 Å². The van der Waals surface area contributed by atoms with E-state index in [0.29, 0.717) is 5.95 Å². The Morgan fingerprint density at radius 2 is 1.37 bits per heavy atom. The van der Waals surface area contributed by atoms with Crippen LogP contribution in [0.1, 0.15) is 0 Å². The molecule has 0 aliphatic rings. The van der Waals surface area contributed by atoms with Gasteiger partial charge in [-0.05, 0) is 24.3 Å². The molecule has 3 aromatic carbocycles. The van der Waals surface area contributed by atoms with Crippen LogP contribution >= 0.6 is 0 Å². The lowest BCUT2D eigenvalue weighted by Gasteiger charge is -2.02. The van der Waals surface area contributed by atoms with Gasteiger partial charge in [0.1, 0.15) is 5.75 Å². The minimum Gasteiger partial charge on any atom is -0.497 e. The number of methoxy groups -OCH3 is 1. The summed E-state index contributed by atoms with van der Waals surface area (Å²) in [6, 6.07) is 27.5. The first-order valence-electron chi connectivity index (χ1n) is 8.60. The quantitative estimate of drug-likeness (QED) is 0.436. The second kappa shape index (κ2) is 7.66. The number of nitrogens with one attached hydrogen (secondary N) is 1. The molecule has 132 valence electrons. The minimum absolute atomic E-state index is 0.462. The first-order valence-corrected chi connectivity index (χ1v) is 8.60. The number of aromatic nitrogens is 2. The first-order chi connectivity index (χ1) is 13.3. The van der Waals surface area contributed by atoms with Crippen LogP contribution in [-0.2, 0) is 0 Å². The standard InChI is InChI=1S/C22H18N4O/c1-27-19-14-12-18(13-15-19)25-26-22-23-20(16-8-4-2-5-9-16)21(24-22)17-10-6-3-7-11-17/h2-15H,1H3,(H,23,24). The Kier molecular flexibility index (Phi) is 4.74. The molecule has 0 aliphatic carbocycles. The Balaban J connectivity index is 1.71. The van der Waals surface area contributed by atoms with Crippen molar-refractivity contribution in [2.45, 2.75) is 0 Å². The fourth-order valence-electron chi connectivity index (χ4n) is 2.78. The van der Waals surface area contributed by atoms with Crippen LogP contribution in [0.2, 0.25) is 0 Å². The van der Waals surface area contributed by atoms with E-state index in [2.05, 4.69) is 20.2 Å². The van der Waals surface area contributed by atoms with Crippen molar-refractivity contribution in [3.05, 3.63) is 84.9 Å². The molecular formula is C22H18N4O. The first kappa shape index (κ1) is 16.7. The molecule has 1 aromatic heterocycles. The van der Waals surface area contributed by atoms with Crippen molar-refractivity contribution in [3.63, 3.8) is 0 Å². The molecule has 4 rings (SSSR count). The smallest absolute Gasteiger partial charge is 0.247 e. The maximum Gasteiger partial charge on any atom is 0.247 e. The van der Waals surface area contributed by atoms with Crippen LogP contribution in [0.3, 0.4) is 0 Å². The molecule has 0 spiro atoms. The van der Waals surface area contributed by atoms with Crippen LogP contribution in [0.4, 0.5) is 11.6 Å². The average molecular weight is 354 g/mol. The molecule has 27 heavy (non-hydrogen) atoms. The summed E-state index contributed by atoms with van der Waals surface area (Å²) in [6.45, 7) is 0. The van der Waals surface area contributed by atoms with Crippen molar-refractivity contribution < 1.29 is 4.74 Å². The van der Waals surface area contributed by atoms with Crippen LogP contribution in [0.5, 0.6) is 5.75 Å². The number of imidazole rings is 1. The van der Waals surface area contributed by atoms with Crippen molar-refractivity contribution in [2.24, 2.45) is 10.2 Å². The third-order valence-electron chi connectivity index (χ3n) is 4.13. The van der Waals surface area contributed by atoms with Gasteiger partial charge in [0.2, 0.25) is 5.95 Å². The fourth-order valence-corrected chi connectivity index (χ4v) is 2.78. The molecule has 4 aromatic rings. The van der Waals surface area contributed by atoms with Gasteiger partial charge in [-0.25, -0.2) is 4.98 Å². The summed E-state index contributed by atoms with van der Waals surface area (Å²) < 4.78 is 5.16. The molecule has 0 radical (unpaired) electrons. The van der Waals surface area contributed by atoms with E-state index in [1.807, 2.05) is 84.9 Å². The van der Waals surface area contributed by atoms with Gasteiger partial charge >= 0.3 is 0 Å². The van der Waals surface area contributed by atoms with Gasteiger partial charge in [-0.15, -0.1) is 10.2 Å². The predicted molar refractivity (Wildman–Crippen MR) is 107 cm³/mol. The lowest BCUT2D eigenvalue weighted by Crippen LogP contribution is -1.82. The zero-order valence-electron chi connectivity index (χ0n) is 14.8. The molecule has 0 atom stereocenters. The second-order valence-corrected chi connectivity index (χ2v) is 5.91. The zero-order chi connectivity index (χ0) is 18.5. The van der Waals surface area contributed by atoms with E-state index in [4.69, 9.17) is 4.74 Å². The molecule has 5 nitrogen and oxygen atoms in total. The molecule has 0 fully saturated rings. The van der Waals surface area contributed by atoms with Crippen LogP contribution in [0, 0.1) is 0 Å². The third-order valence-corrected chi connectivity index (χ3v) is 4.13. The number of hydrogen-bond acceptors (Lipinski definition) is 4. The highest BCUT2D eigenvalue weighted by atomic mass is 16.5. The third kappa shape index (κ3) is 3.77. The molecule has 0 saturated heterocycles. The number of H-pyrrole nitrogens is 1. The van der Waals surface area contributed by atoms with E-state index in [1.54, 1.807) is 7.11 Å². The van der Waals surface area contributed by atoms with Gasteiger partial charge < -0.3 is 9.72 Å². The van der Waals surface area contributed by atoms with Crippen molar-refractivity contribution in [1.82, 2.24) is 9.97 Å². The van der Waals surface area contributed by atoms with Gasteiger partial charge in [0.25, 0.3) is 0 Å². The lowest BCUT2D eigenvalue weighted by atomic mass is 10.1. The summed E-state index contributed by atoms with van der Waals surface area (Å²) in [6.07, 6.45) is 0. The Morgan fingerprint density at radius 1 is 0.741 bits per heavy atom. The Bertz CT molecular complexity index is 982. The zero-order valence-corrected chi connectivity index (χ0v) is 14.8. The van der Waals surface area contributed by atoms with Crippen LogP contribution in [-0.4, -0.2) is 17.1 Å². The number of aromatic amines is 1. The van der Waals surface area contributed by atoms with Crippen molar-refractivity contribution in [3.8, 4) is 28.3 Å². The summed E-state index contributed by atoms with van der Waals surface area (Å²) in [4.78, 5) is 7.96. The van der Waals surface area contributed by atoms with Crippen molar-refractivity contribution in [1.29, 1.82) is 0 Å². The summed E-state index contributed by atoms with van der Waals surface area (Å²) in [5, 5.41) is 8.55. The van der Waals surface area contributed by atoms with Crippen molar-refractivity contribution >= 4 is 11.6 Å².